The maximum atomic E-state index is 15.0. The lowest BCUT2D eigenvalue weighted by molar-refractivity contribution is -0.146. The van der Waals surface area contributed by atoms with Crippen molar-refractivity contribution < 1.29 is 48.3 Å². The minimum absolute atomic E-state index is 0.00327. The number of amides is 9. The Labute approximate surface area is 425 Å². The molecule has 19 nitrogen and oxygen atoms in total. The lowest BCUT2D eigenvalue weighted by Crippen LogP contribution is -2.62. The second-order valence-electron chi connectivity index (χ2n) is 22.9. The van der Waals surface area contributed by atoms with Crippen LogP contribution >= 0.6 is 0 Å². The van der Waals surface area contributed by atoms with Crippen molar-refractivity contribution in [3.63, 3.8) is 0 Å². The third-order valence-corrected chi connectivity index (χ3v) is 16.7. The third-order valence-electron chi connectivity index (χ3n) is 16.7. The quantitative estimate of drug-likeness (QED) is 0.132. The molecule has 7 aliphatic rings. The van der Waals surface area contributed by atoms with E-state index >= 15 is 0 Å². The normalized spacial score (nSPS) is 26.9. The maximum Gasteiger partial charge on any atom is 0.272 e. The van der Waals surface area contributed by atoms with Gasteiger partial charge in [-0.15, -0.1) is 0 Å². The third kappa shape index (κ3) is 10.9. The van der Waals surface area contributed by atoms with Gasteiger partial charge in [0.15, 0.2) is 6.10 Å². The maximum absolute atomic E-state index is 15.0. The Kier molecular flexibility index (Phi) is 15.2. The van der Waals surface area contributed by atoms with E-state index in [-0.39, 0.29) is 65.3 Å². The molecule has 6 fully saturated rings. The van der Waals surface area contributed by atoms with Crippen molar-refractivity contribution in [2.45, 2.75) is 191 Å². The summed E-state index contributed by atoms with van der Waals surface area (Å²) in [6, 6.07) is 0.477. The Hall–Kier alpha value is -6.11. The highest BCUT2D eigenvalue weighted by Gasteiger charge is 2.53. The number of aliphatic hydroxyl groups is 1. The number of aromatic nitrogens is 2. The largest absolute Gasteiger partial charge is 0.381 e. The second kappa shape index (κ2) is 21.4. The van der Waals surface area contributed by atoms with E-state index in [1.165, 1.54) is 6.20 Å². The van der Waals surface area contributed by atoms with Gasteiger partial charge in [-0.05, 0) is 117 Å². The number of imide groups is 2. The number of carbonyl (C=O) groups excluding carboxylic acids is 9. The van der Waals surface area contributed by atoms with E-state index in [0.29, 0.717) is 44.3 Å². The number of fused-ring (bicyclic) bond motifs is 2. The van der Waals surface area contributed by atoms with E-state index < -0.39 is 94.9 Å². The molecule has 0 spiro atoms. The van der Waals surface area contributed by atoms with Crippen molar-refractivity contribution in [3.8, 4) is 0 Å². The Bertz CT molecular complexity index is 2520. The second-order valence-corrected chi connectivity index (χ2v) is 22.9. The Balaban J connectivity index is 0.858. The summed E-state index contributed by atoms with van der Waals surface area (Å²) in [7, 11) is 0. The van der Waals surface area contributed by atoms with Gasteiger partial charge in [0.05, 0.1) is 29.1 Å². The molecule has 19 heteroatoms. The molecule has 4 heterocycles. The number of benzene rings is 1. The molecule has 0 bridgehead atoms. The minimum atomic E-state index is -1.44. The van der Waals surface area contributed by atoms with Gasteiger partial charge in [-0.3, -0.25) is 58.4 Å². The van der Waals surface area contributed by atoms with Gasteiger partial charge >= 0.3 is 0 Å². The predicted molar refractivity (Wildman–Crippen MR) is 264 cm³/mol. The van der Waals surface area contributed by atoms with Crippen molar-refractivity contribution in [1.29, 1.82) is 0 Å². The number of hydrogen-bond acceptors (Lipinski definition) is 12. The summed E-state index contributed by atoms with van der Waals surface area (Å²) in [5, 5.41) is 25.2. The lowest BCUT2D eigenvalue weighted by atomic mass is 9.82. The molecule has 3 aliphatic heterocycles. The molecule has 4 saturated carbocycles. The van der Waals surface area contributed by atoms with E-state index in [2.05, 4.69) is 36.6 Å². The fourth-order valence-corrected chi connectivity index (χ4v) is 12.5. The number of hydrogen-bond donors (Lipinski definition) is 6. The molecular formula is C54H71N9O10. The summed E-state index contributed by atoms with van der Waals surface area (Å²) >= 11 is 0. The van der Waals surface area contributed by atoms with Crippen LogP contribution in [0.5, 0.6) is 0 Å². The van der Waals surface area contributed by atoms with Crippen LogP contribution in [0.25, 0.3) is 0 Å². The average Bonchev–Trinajstić information content (AvgIpc) is 3.64. The summed E-state index contributed by atoms with van der Waals surface area (Å²) in [5.74, 6) is -4.77. The van der Waals surface area contributed by atoms with Gasteiger partial charge in [-0.1, -0.05) is 65.9 Å². The number of carbonyl (C=O) groups is 9. The number of nitrogens with zero attached hydrogens (tertiary/aromatic N) is 4. The Morgan fingerprint density at radius 1 is 0.808 bits per heavy atom. The van der Waals surface area contributed by atoms with Gasteiger partial charge < -0.3 is 31.3 Å². The molecule has 73 heavy (non-hydrogen) atoms. The SMILES string of the molecule is CCC[C@H](NC(=O)[C@@H]1[C@H]2CCC[C@H]2CN1C(=O)[C@@H](NC(=O)[C@@H](NC(=O)c1cnc([C@H]2CCC(c3ccc4c(c3)C(=O)N(C3CCC(=O)NC3=O)C4=O)C2)cn1)C1CCCCC1)C(C)(C)C)C(O)C(=O)NC1CC1. The van der Waals surface area contributed by atoms with E-state index in [1.54, 1.807) is 23.2 Å². The van der Waals surface area contributed by atoms with E-state index in [9.17, 15) is 48.3 Å². The first-order valence-corrected chi connectivity index (χ1v) is 26.8. The Morgan fingerprint density at radius 2 is 1.55 bits per heavy atom. The van der Waals surface area contributed by atoms with Crippen molar-refractivity contribution >= 4 is 53.2 Å². The van der Waals surface area contributed by atoms with Gasteiger partial charge in [0, 0.05) is 31.1 Å². The van der Waals surface area contributed by atoms with Gasteiger partial charge in [0.25, 0.3) is 23.6 Å². The molecule has 392 valence electrons. The molecular weight excluding hydrogens is 935 g/mol. The molecule has 2 aromatic rings. The molecule has 1 aromatic carbocycles. The van der Waals surface area contributed by atoms with Crippen LogP contribution < -0.4 is 26.6 Å². The molecule has 6 N–H and O–H groups in total. The first kappa shape index (κ1) is 51.8. The zero-order chi connectivity index (χ0) is 51.9. The number of piperidine rings is 1. The van der Waals surface area contributed by atoms with Gasteiger partial charge in [-0.25, -0.2) is 4.98 Å². The summed E-state index contributed by atoms with van der Waals surface area (Å²) in [6.45, 7) is 7.84. The molecule has 3 unspecified atom stereocenters. The zero-order valence-electron chi connectivity index (χ0n) is 42.5. The highest BCUT2D eigenvalue weighted by Crippen LogP contribution is 2.45. The number of nitrogens with one attached hydrogen (secondary N) is 5. The molecule has 10 atom stereocenters. The van der Waals surface area contributed by atoms with Crippen molar-refractivity contribution in [3.05, 3.63) is 58.7 Å². The predicted octanol–water partition coefficient (Wildman–Crippen LogP) is 3.69. The molecule has 2 saturated heterocycles. The van der Waals surface area contributed by atoms with Gasteiger partial charge in [0.2, 0.25) is 29.5 Å². The lowest BCUT2D eigenvalue weighted by Gasteiger charge is -2.38. The van der Waals surface area contributed by atoms with Crippen LogP contribution in [0.4, 0.5) is 0 Å². The van der Waals surface area contributed by atoms with Crippen LogP contribution in [0.1, 0.15) is 191 Å². The van der Waals surface area contributed by atoms with Crippen molar-refractivity contribution in [2.24, 2.45) is 23.2 Å². The first-order chi connectivity index (χ1) is 34.9. The van der Waals surface area contributed by atoms with Gasteiger partial charge in [-0.2, -0.15) is 0 Å². The average molecular weight is 1010 g/mol. The van der Waals surface area contributed by atoms with Crippen molar-refractivity contribution in [2.75, 3.05) is 6.54 Å². The van der Waals surface area contributed by atoms with Crippen LogP contribution in [0.2, 0.25) is 0 Å². The highest BCUT2D eigenvalue weighted by atomic mass is 16.3. The summed E-state index contributed by atoms with van der Waals surface area (Å²) < 4.78 is 0. The molecule has 4 aliphatic carbocycles. The standard InChI is InChI=1S/C54H71N9O10/c1-5-10-37(44(65)50(70)57-33-18-19-33)58-49(69)43-34-14-9-13-32(34)27-62(43)53(73)45(54(2,3)4)61-48(68)42(28-11-7-6-8-12-28)60-46(66)39-26-55-38(25-56-39)31-16-15-29(23-31)30-17-20-35-36(24-30)52(72)63(51(35)71)40-21-22-41(64)59-47(40)67/h17,20,24-26,28-29,31-34,37,40,42-45,65H,5-16,18-19,21-23,27H2,1-4H3,(H,57,70)(H,58,69)(H,60,66)(H,61,68)(H,59,64,67)/t29?,31-,32-,34-,37-,40?,42-,43-,44?,45+/m0/s1. The number of aliphatic hydroxyl groups excluding tert-OH is 1. The summed E-state index contributed by atoms with van der Waals surface area (Å²) in [4.78, 5) is 134. The number of rotatable bonds is 16. The topological polar surface area (TPSA) is 266 Å². The molecule has 9 amide bonds. The Morgan fingerprint density at radius 3 is 2.23 bits per heavy atom. The van der Waals surface area contributed by atoms with E-state index in [0.717, 1.165) is 74.7 Å². The van der Waals surface area contributed by atoms with Crippen LogP contribution in [0.15, 0.2) is 30.6 Å². The van der Waals surface area contributed by atoms with E-state index in [4.69, 9.17) is 0 Å². The minimum Gasteiger partial charge on any atom is -0.381 e. The fourth-order valence-electron chi connectivity index (χ4n) is 12.5. The summed E-state index contributed by atoms with van der Waals surface area (Å²) in [5.41, 5.74) is 1.27. The summed E-state index contributed by atoms with van der Waals surface area (Å²) in [6.07, 6.45) is 13.3. The van der Waals surface area contributed by atoms with Crippen molar-refractivity contribution in [1.82, 2.24) is 46.4 Å². The smallest absolute Gasteiger partial charge is 0.272 e. The molecule has 1 aromatic heterocycles. The monoisotopic (exact) mass is 1010 g/mol. The van der Waals surface area contributed by atoms with E-state index in [1.807, 2.05) is 33.8 Å². The first-order valence-electron chi connectivity index (χ1n) is 26.8. The molecule has 0 radical (unpaired) electrons. The fraction of sp³-hybridized carbons (Fsp3) is 0.648. The van der Waals surface area contributed by atoms with Crippen LogP contribution in [-0.4, -0.2) is 127 Å². The highest BCUT2D eigenvalue weighted by molar-refractivity contribution is 6.23. The molecule has 9 rings (SSSR count). The number of likely N-dealkylation sites (tertiary alicyclic amines) is 1. The van der Waals surface area contributed by atoms with Gasteiger partial charge in [0.1, 0.15) is 29.9 Å². The van der Waals surface area contributed by atoms with Crippen LogP contribution in [-0.2, 0) is 28.8 Å². The van der Waals surface area contributed by atoms with Crippen LogP contribution in [0, 0.1) is 23.2 Å². The zero-order valence-corrected chi connectivity index (χ0v) is 42.5. The van der Waals surface area contributed by atoms with Crippen LogP contribution in [0.3, 0.4) is 0 Å².